The van der Waals surface area contributed by atoms with Crippen LogP contribution < -0.4 is 10.6 Å². The molecule has 198 valence electrons. The fourth-order valence-corrected chi connectivity index (χ4v) is 7.07. The van der Waals surface area contributed by atoms with Gasteiger partial charge in [0.2, 0.25) is 17.7 Å². The van der Waals surface area contributed by atoms with Crippen LogP contribution in [-0.4, -0.2) is 70.0 Å². The highest BCUT2D eigenvalue weighted by molar-refractivity contribution is 9.09. The molecule has 1 spiro atoms. The molecule has 0 saturated carbocycles. The van der Waals surface area contributed by atoms with Gasteiger partial charge in [-0.2, -0.15) is 0 Å². The normalized spacial score (nSPS) is 30.5. The van der Waals surface area contributed by atoms with Crippen molar-refractivity contribution in [2.75, 3.05) is 19.7 Å². The number of hydrogen-bond acceptors (Lipinski definition) is 5. The molecule has 8 nitrogen and oxygen atoms in total. The maximum atomic E-state index is 13.8. The molecule has 2 bridgehead atoms. The van der Waals surface area contributed by atoms with Crippen molar-refractivity contribution in [2.24, 2.45) is 11.8 Å². The number of aliphatic hydroxyl groups excluding tert-OH is 1. The highest BCUT2D eigenvalue weighted by Gasteiger charge is 2.76. The molecule has 3 aliphatic heterocycles. The first kappa shape index (κ1) is 27.1. The van der Waals surface area contributed by atoms with E-state index < -0.39 is 29.6 Å². The standard InChI is InChI=1S/C27H38BrN3O5/c1-2-3-8-13-29-25(34)23-27-16-19(28)22(36-27)20(24(33)30-17-18-11-6-4-7-12-18)21(27)26(35)31(23)14-9-5-10-15-32/h4,6-7,11-12,19-23,32H,2-3,5,8-10,13-17H2,1H3,(H,29,34)(H,30,33)/t19?,20-,21-,22-,23?,27?/m0/s1. The quantitative estimate of drug-likeness (QED) is 0.252. The molecule has 3 fully saturated rings. The highest BCUT2D eigenvalue weighted by atomic mass is 79.9. The number of nitrogens with zero attached hydrogens (tertiary/aromatic N) is 1. The zero-order valence-electron chi connectivity index (χ0n) is 21.0. The molecule has 0 aromatic heterocycles. The summed E-state index contributed by atoms with van der Waals surface area (Å²) in [5.74, 6) is -1.92. The predicted octanol–water partition coefficient (Wildman–Crippen LogP) is 2.52. The van der Waals surface area contributed by atoms with Gasteiger partial charge in [0.1, 0.15) is 11.6 Å². The lowest BCUT2D eigenvalue weighted by atomic mass is 9.70. The number of likely N-dealkylation sites (tertiary alicyclic amines) is 1. The summed E-state index contributed by atoms with van der Waals surface area (Å²) in [6, 6.07) is 8.89. The monoisotopic (exact) mass is 563 g/mol. The molecule has 3 saturated heterocycles. The Morgan fingerprint density at radius 3 is 2.61 bits per heavy atom. The van der Waals surface area contributed by atoms with Gasteiger partial charge in [0, 0.05) is 31.1 Å². The minimum atomic E-state index is -1.02. The Morgan fingerprint density at radius 2 is 1.89 bits per heavy atom. The first-order chi connectivity index (χ1) is 17.4. The van der Waals surface area contributed by atoms with Crippen molar-refractivity contribution in [2.45, 2.75) is 81.0 Å². The molecule has 0 aliphatic carbocycles. The van der Waals surface area contributed by atoms with Gasteiger partial charge in [0.05, 0.1) is 17.9 Å². The summed E-state index contributed by atoms with van der Waals surface area (Å²) in [7, 11) is 0. The van der Waals surface area contributed by atoms with Crippen molar-refractivity contribution >= 4 is 33.7 Å². The number of benzene rings is 1. The van der Waals surface area contributed by atoms with Gasteiger partial charge in [-0.25, -0.2) is 0 Å². The zero-order chi connectivity index (χ0) is 25.7. The lowest BCUT2D eigenvalue weighted by molar-refractivity contribution is -0.142. The number of unbranched alkanes of at least 4 members (excludes halogenated alkanes) is 4. The van der Waals surface area contributed by atoms with Crippen LogP contribution in [0.3, 0.4) is 0 Å². The molecule has 1 aromatic carbocycles. The van der Waals surface area contributed by atoms with Crippen molar-refractivity contribution in [3.63, 3.8) is 0 Å². The molecule has 3 unspecified atom stereocenters. The van der Waals surface area contributed by atoms with E-state index in [1.54, 1.807) is 4.90 Å². The second-order valence-electron chi connectivity index (χ2n) is 10.2. The van der Waals surface area contributed by atoms with Crippen LogP contribution in [-0.2, 0) is 25.7 Å². The second kappa shape index (κ2) is 12.0. The number of ether oxygens (including phenoxy) is 1. The third kappa shape index (κ3) is 5.20. The fourth-order valence-electron chi connectivity index (χ4n) is 6.13. The topological polar surface area (TPSA) is 108 Å². The van der Waals surface area contributed by atoms with Crippen LogP contribution in [0.1, 0.15) is 57.4 Å². The number of halogens is 1. The van der Waals surface area contributed by atoms with E-state index in [1.165, 1.54) is 0 Å². The average molecular weight is 565 g/mol. The van der Waals surface area contributed by atoms with Crippen LogP contribution in [0, 0.1) is 11.8 Å². The van der Waals surface area contributed by atoms with E-state index in [4.69, 9.17) is 9.84 Å². The number of aliphatic hydroxyl groups is 1. The summed E-state index contributed by atoms with van der Waals surface area (Å²) >= 11 is 3.70. The van der Waals surface area contributed by atoms with Crippen LogP contribution in [0.5, 0.6) is 0 Å². The second-order valence-corrected chi connectivity index (χ2v) is 11.4. The van der Waals surface area contributed by atoms with E-state index in [0.717, 1.165) is 31.2 Å². The third-order valence-corrected chi connectivity index (χ3v) is 8.63. The SMILES string of the molecule is CCCCCNC(=O)C1N(CCCCCO)C(=O)[C@@H]2[C@H](C(=O)NCc3ccccc3)[C@H]3OC12CC3Br. The Morgan fingerprint density at radius 1 is 1.11 bits per heavy atom. The van der Waals surface area contributed by atoms with Gasteiger partial charge in [-0.15, -0.1) is 0 Å². The van der Waals surface area contributed by atoms with Crippen LogP contribution in [0.15, 0.2) is 30.3 Å². The number of hydrogen-bond donors (Lipinski definition) is 3. The summed E-state index contributed by atoms with van der Waals surface area (Å²) in [4.78, 5) is 42.4. The molecule has 3 aliphatic rings. The third-order valence-electron chi connectivity index (χ3n) is 7.79. The largest absolute Gasteiger partial charge is 0.396 e. The van der Waals surface area contributed by atoms with E-state index in [9.17, 15) is 14.4 Å². The molecule has 3 N–H and O–H groups in total. The number of nitrogens with one attached hydrogen (secondary N) is 2. The Balaban J connectivity index is 1.56. The Bertz CT molecular complexity index is 931. The van der Waals surface area contributed by atoms with Gasteiger partial charge >= 0.3 is 0 Å². The van der Waals surface area contributed by atoms with Gasteiger partial charge in [-0.1, -0.05) is 66.0 Å². The fraction of sp³-hybridized carbons (Fsp3) is 0.667. The molecule has 4 rings (SSSR count). The van der Waals surface area contributed by atoms with Crippen molar-refractivity contribution in [3.8, 4) is 0 Å². The first-order valence-corrected chi connectivity index (χ1v) is 14.2. The lowest BCUT2D eigenvalue weighted by Gasteiger charge is -2.34. The smallest absolute Gasteiger partial charge is 0.245 e. The predicted molar refractivity (Wildman–Crippen MR) is 139 cm³/mol. The summed E-state index contributed by atoms with van der Waals surface area (Å²) in [5, 5.41) is 15.2. The van der Waals surface area contributed by atoms with E-state index in [2.05, 4.69) is 33.5 Å². The maximum absolute atomic E-state index is 13.8. The Kier molecular flexibility index (Phi) is 9.06. The van der Waals surface area contributed by atoms with Crippen molar-refractivity contribution in [1.82, 2.24) is 15.5 Å². The Labute approximate surface area is 221 Å². The molecule has 36 heavy (non-hydrogen) atoms. The molecular weight excluding hydrogens is 526 g/mol. The number of rotatable bonds is 13. The van der Waals surface area contributed by atoms with Gasteiger partial charge in [-0.3, -0.25) is 14.4 Å². The molecule has 9 heteroatoms. The lowest BCUT2D eigenvalue weighted by Crippen LogP contribution is -2.56. The molecule has 0 radical (unpaired) electrons. The average Bonchev–Trinajstić information content (AvgIpc) is 3.47. The van der Waals surface area contributed by atoms with Crippen molar-refractivity contribution in [3.05, 3.63) is 35.9 Å². The Hall–Kier alpha value is -1.97. The molecule has 3 heterocycles. The van der Waals surface area contributed by atoms with E-state index in [-0.39, 0.29) is 29.2 Å². The first-order valence-electron chi connectivity index (χ1n) is 13.3. The van der Waals surface area contributed by atoms with Gasteiger partial charge in [-0.05, 0) is 37.7 Å². The van der Waals surface area contributed by atoms with Crippen molar-refractivity contribution < 1.29 is 24.2 Å². The summed E-state index contributed by atoms with van der Waals surface area (Å²) in [6.45, 7) is 3.54. The van der Waals surface area contributed by atoms with Crippen LogP contribution in [0.4, 0.5) is 0 Å². The van der Waals surface area contributed by atoms with Crippen LogP contribution in [0.2, 0.25) is 0 Å². The summed E-state index contributed by atoms with van der Waals surface area (Å²) in [6.07, 6.45) is 5.10. The van der Waals surface area contributed by atoms with Gasteiger partial charge in [0.25, 0.3) is 0 Å². The summed E-state index contributed by atoms with van der Waals surface area (Å²) in [5.41, 5.74) is -0.0381. The summed E-state index contributed by atoms with van der Waals surface area (Å²) < 4.78 is 6.50. The minimum Gasteiger partial charge on any atom is -0.396 e. The van der Waals surface area contributed by atoms with Gasteiger partial charge in [0.15, 0.2) is 0 Å². The number of amides is 3. The zero-order valence-corrected chi connectivity index (χ0v) is 22.5. The van der Waals surface area contributed by atoms with E-state index in [0.29, 0.717) is 38.9 Å². The highest BCUT2D eigenvalue weighted by Crippen LogP contribution is 2.60. The van der Waals surface area contributed by atoms with Crippen LogP contribution >= 0.6 is 15.9 Å². The number of carbonyl (C=O) groups excluding carboxylic acids is 3. The molecule has 1 aromatic rings. The number of fused-ring (bicyclic) bond motifs is 1. The minimum absolute atomic E-state index is 0.0988. The van der Waals surface area contributed by atoms with E-state index in [1.807, 2.05) is 30.3 Å². The maximum Gasteiger partial charge on any atom is 0.245 e. The van der Waals surface area contributed by atoms with Gasteiger partial charge < -0.3 is 25.4 Å². The van der Waals surface area contributed by atoms with Crippen molar-refractivity contribution in [1.29, 1.82) is 0 Å². The number of carbonyl (C=O) groups is 3. The molecule has 3 amide bonds. The molecular formula is C27H38BrN3O5. The molecule has 6 atom stereocenters. The van der Waals surface area contributed by atoms with Crippen LogP contribution in [0.25, 0.3) is 0 Å². The van der Waals surface area contributed by atoms with E-state index >= 15 is 0 Å². The number of alkyl halides is 1.